The van der Waals surface area contributed by atoms with Crippen LogP contribution in [-0.2, 0) is 4.74 Å². The van der Waals surface area contributed by atoms with Crippen LogP contribution in [0.2, 0.25) is 0 Å². The molecular weight excluding hydrogens is 351 g/mol. The monoisotopic (exact) mass is 375 g/mol. The number of carbonyl (C=O) groups is 1. The number of halogens is 3. The topological polar surface area (TPSA) is 92.5 Å². The average molecular weight is 375 g/mol. The van der Waals surface area contributed by atoms with Crippen molar-refractivity contribution in [2.45, 2.75) is 44.4 Å². The zero-order chi connectivity index (χ0) is 19.2. The number of hydrazine groups is 1. The highest BCUT2D eigenvalue weighted by molar-refractivity contribution is 5.67. The normalized spacial score (nSPS) is 19.2. The summed E-state index contributed by atoms with van der Waals surface area (Å²) in [5.74, 6) is 5.48. The first-order valence-electron chi connectivity index (χ1n) is 8.51. The van der Waals surface area contributed by atoms with Crippen molar-refractivity contribution >= 4 is 11.9 Å². The number of anilines is 1. The summed E-state index contributed by atoms with van der Waals surface area (Å²) in [6.45, 7) is 2.57. The number of amides is 1. The Morgan fingerprint density at radius 2 is 2.27 bits per heavy atom. The van der Waals surface area contributed by atoms with E-state index in [0.29, 0.717) is 13.0 Å². The first kappa shape index (κ1) is 20.2. The molecular formula is C16H24F3N5O2. The van der Waals surface area contributed by atoms with E-state index in [1.54, 1.807) is 0 Å². The second-order valence-corrected chi connectivity index (χ2v) is 6.18. The van der Waals surface area contributed by atoms with E-state index in [9.17, 15) is 18.0 Å². The van der Waals surface area contributed by atoms with Crippen molar-refractivity contribution in [1.29, 1.82) is 0 Å². The van der Waals surface area contributed by atoms with E-state index in [1.807, 2.05) is 6.92 Å². The van der Waals surface area contributed by atoms with Crippen LogP contribution in [0, 0.1) is 0 Å². The van der Waals surface area contributed by atoms with Crippen molar-refractivity contribution in [1.82, 2.24) is 15.2 Å². The second-order valence-electron chi connectivity index (χ2n) is 6.18. The predicted octanol–water partition coefficient (Wildman–Crippen LogP) is 2.57. The number of nitrogens with zero attached hydrogens (tertiary/aromatic N) is 2. The van der Waals surface area contributed by atoms with Crippen molar-refractivity contribution in [2.75, 3.05) is 25.1 Å². The molecule has 1 aliphatic rings. The van der Waals surface area contributed by atoms with E-state index in [-0.39, 0.29) is 30.5 Å². The molecule has 146 valence electrons. The van der Waals surface area contributed by atoms with Crippen molar-refractivity contribution in [3.8, 4) is 0 Å². The Balaban J connectivity index is 2.00. The lowest BCUT2D eigenvalue weighted by Gasteiger charge is -2.30. The van der Waals surface area contributed by atoms with Gasteiger partial charge in [0.15, 0.2) is 0 Å². The molecule has 10 heteroatoms. The van der Waals surface area contributed by atoms with Crippen LogP contribution in [0.1, 0.15) is 37.8 Å². The molecule has 1 aliphatic heterocycles. The number of unbranched alkanes of at least 4 members (excludes halogenated alkanes) is 1. The van der Waals surface area contributed by atoms with Gasteiger partial charge in [-0.15, -0.1) is 0 Å². The number of hydrogen-bond donors (Lipinski definition) is 3. The zero-order valence-electron chi connectivity index (χ0n) is 14.6. The fourth-order valence-corrected chi connectivity index (χ4v) is 2.92. The Kier molecular flexibility index (Phi) is 7.04. The number of nitrogens with two attached hydrogens (primary N) is 1. The van der Waals surface area contributed by atoms with Crippen LogP contribution in [0.15, 0.2) is 18.3 Å². The maximum absolute atomic E-state index is 13.6. The number of alkyl carbamates (subject to hydrolysis) is 1. The maximum atomic E-state index is 13.6. The number of aromatic nitrogens is 1. The van der Waals surface area contributed by atoms with Gasteiger partial charge in [-0.1, -0.05) is 19.4 Å². The molecule has 0 aromatic carbocycles. The molecule has 2 atom stereocenters. The van der Waals surface area contributed by atoms with Crippen LogP contribution in [0.25, 0.3) is 0 Å². The minimum Gasteiger partial charge on any atom is -0.450 e. The summed E-state index contributed by atoms with van der Waals surface area (Å²) >= 11 is 0. The van der Waals surface area contributed by atoms with E-state index in [1.165, 1.54) is 17.0 Å². The van der Waals surface area contributed by atoms with Crippen LogP contribution in [0.4, 0.5) is 23.8 Å². The van der Waals surface area contributed by atoms with Gasteiger partial charge < -0.3 is 15.5 Å². The van der Waals surface area contributed by atoms with Crippen LogP contribution in [-0.4, -0.2) is 47.9 Å². The first-order chi connectivity index (χ1) is 12.3. The van der Waals surface area contributed by atoms with Gasteiger partial charge in [-0.05, 0) is 24.5 Å². The third kappa shape index (κ3) is 5.46. The van der Waals surface area contributed by atoms with Gasteiger partial charge in [0.05, 0.1) is 6.61 Å². The lowest BCUT2D eigenvalue weighted by atomic mass is 10.1. The molecule has 1 unspecified atom stereocenters. The average Bonchev–Trinajstić information content (AvgIpc) is 3.02. The Labute approximate surface area is 150 Å². The van der Waals surface area contributed by atoms with Crippen molar-refractivity contribution in [3.05, 3.63) is 23.9 Å². The highest BCUT2D eigenvalue weighted by Crippen LogP contribution is 2.39. The standard InChI is InChI=1S/C16H24F3N5O2/c1-2-3-8-26-15(25)22-12-6-7-24(10-12)14(16(17,18)19)11-4-5-13(23-20)21-9-11/h4-5,9,12,14H,2-3,6-8,10,20H2,1H3,(H,21,23)(H,22,25)/t12-,14?/m0/s1. The molecule has 4 N–H and O–H groups in total. The summed E-state index contributed by atoms with van der Waals surface area (Å²) in [5.41, 5.74) is 2.31. The van der Waals surface area contributed by atoms with E-state index in [0.717, 1.165) is 19.0 Å². The second kappa shape index (κ2) is 9.04. The van der Waals surface area contributed by atoms with Crippen molar-refractivity contribution in [3.63, 3.8) is 0 Å². The van der Waals surface area contributed by atoms with Crippen molar-refractivity contribution < 1.29 is 22.7 Å². The number of hydrogen-bond acceptors (Lipinski definition) is 6. The molecule has 1 amide bonds. The van der Waals surface area contributed by atoms with Crippen LogP contribution >= 0.6 is 0 Å². The summed E-state index contributed by atoms with van der Waals surface area (Å²) < 4.78 is 45.8. The largest absolute Gasteiger partial charge is 0.450 e. The number of carbonyl (C=O) groups excluding carboxylic acids is 1. The molecule has 0 aliphatic carbocycles. The molecule has 2 heterocycles. The van der Waals surface area contributed by atoms with E-state index >= 15 is 0 Å². The SMILES string of the molecule is CCCCOC(=O)N[C@H]1CCN(C(c2ccc(NN)nc2)C(F)(F)F)C1. The lowest BCUT2D eigenvalue weighted by molar-refractivity contribution is -0.183. The predicted molar refractivity (Wildman–Crippen MR) is 90.2 cm³/mol. The van der Waals surface area contributed by atoms with Gasteiger partial charge in [-0.3, -0.25) is 4.90 Å². The molecule has 1 aromatic heterocycles. The molecule has 1 aromatic rings. The number of ether oxygens (including phenoxy) is 1. The first-order valence-corrected chi connectivity index (χ1v) is 8.51. The van der Waals surface area contributed by atoms with Gasteiger partial charge in [0.2, 0.25) is 0 Å². The molecule has 0 spiro atoms. The molecule has 0 bridgehead atoms. The van der Waals surface area contributed by atoms with Crippen LogP contribution in [0.5, 0.6) is 0 Å². The molecule has 2 rings (SSSR count). The van der Waals surface area contributed by atoms with Gasteiger partial charge in [0, 0.05) is 25.3 Å². The summed E-state index contributed by atoms with van der Waals surface area (Å²) in [7, 11) is 0. The number of alkyl halides is 3. The molecule has 0 radical (unpaired) electrons. The van der Waals surface area contributed by atoms with E-state index in [2.05, 4.69) is 15.7 Å². The van der Waals surface area contributed by atoms with Crippen LogP contribution < -0.4 is 16.6 Å². The highest BCUT2D eigenvalue weighted by Gasteiger charge is 2.47. The summed E-state index contributed by atoms with van der Waals surface area (Å²) in [6, 6.07) is 0.571. The molecule has 1 saturated heterocycles. The molecule has 0 saturated carbocycles. The Bertz CT molecular complexity index is 582. The lowest BCUT2D eigenvalue weighted by Crippen LogP contribution is -2.41. The smallest absolute Gasteiger partial charge is 0.408 e. The fraction of sp³-hybridized carbons (Fsp3) is 0.625. The summed E-state index contributed by atoms with van der Waals surface area (Å²) in [6.07, 6.45) is -1.83. The van der Waals surface area contributed by atoms with Gasteiger partial charge >= 0.3 is 12.3 Å². The van der Waals surface area contributed by atoms with E-state index < -0.39 is 18.3 Å². The maximum Gasteiger partial charge on any atom is 0.408 e. The van der Waals surface area contributed by atoms with Crippen molar-refractivity contribution in [2.24, 2.45) is 5.84 Å². The Hall–Kier alpha value is -2.07. The third-order valence-corrected chi connectivity index (χ3v) is 4.20. The summed E-state index contributed by atoms with van der Waals surface area (Å²) in [5, 5.41) is 2.63. The summed E-state index contributed by atoms with van der Waals surface area (Å²) in [4.78, 5) is 16.8. The molecule has 26 heavy (non-hydrogen) atoms. The van der Waals surface area contributed by atoms with Gasteiger partial charge in [-0.2, -0.15) is 13.2 Å². The van der Waals surface area contributed by atoms with Gasteiger partial charge in [0.1, 0.15) is 11.9 Å². The van der Waals surface area contributed by atoms with E-state index in [4.69, 9.17) is 10.6 Å². The minimum absolute atomic E-state index is 0.0303. The minimum atomic E-state index is -4.46. The Morgan fingerprint density at radius 3 is 2.85 bits per heavy atom. The third-order valence-electron chi connectivity index (χ3n) is 4.20. The number of likely N-dealkylation sites (tertiary alicyclic amines) is 1. The Morgan fingerprint density at radius 1 is 1.50 bits per heavy atom. The molecule has 1 fully saturated rings. The number of rotatable bonds is 7. The fourth-order valence-electron chi connectivity index (χ4n) is 2.92. The van der Waals surface area contributed by atoms with Crippen LogP contribution in [0.3, 0.4) is 0 Å². The quantitative estimate of drug-likeness (QED) is 0.385. The number of pyridine rings is 1. The zero-order valence-corrected chi connectivity index (χ0v) is 14.6. The van der Waals surface area contributed by atoms with Gasteiger partial charge in [0.25, 0.3) is 0 Å². The van der Waals surface area contributed by atoms with Gasteiger partial charge in [-0.25, -0.2) is 15.6 Å². The number of nitrogen functional groups attached to an aromatic ring is 1. The molecule has 7 nitrogen and oxygen atoms in total. The number of nitrogens with one attached hydrogen (secondary N) is 2. The highest BCUT2D eigenvalue weighted by atomic mass is 19.4.